The van der Waals surface area contributed by atoms with Crippen molar-refractivity contribution >= 4 is 0 Å². The Balaban J connectivity index is 2.15. The van der Waals surface area contributed by atoms with Crippen LogP contribution in [0.15, 0.2) is 0 Å². The topological polar surface area (TPSA) is 49.7 Å². The summed E-state index contributed by atoms with van der Waals surface area (Å²) in [5.74, 6) is 0.352. The Morgan fingerprint density at radius 1 is 1.27 bits per heavy atom. The van der Waals surface area contributed by atoms with E-state index in [0.717, 1.165) is 12.8 Å². The number of aliphatic hydroxyl groups is 2. The van der Waals surface area contributed by atoms with E-state index < -0.39 is 6.29 Å². The van der Waals surface area contributed by atoms with E-state index >= 15 is 0 Å². The van der Waals surface area contributed by atoms with Crippen LogP contribution < -0.4 is 0 Å². The highest BCUT2D eigenvalue weighted by atomic mass is 16.6. The molecule has 0 radical (unpaired) electrons. The highest BCUT2D eigenvalue weighted by molar-refractivity contribution is 4.93. The molecule has 1 unspecified atom stereocenters. The molecule has 2 fully saturated rings. The summed E-state index contributed by atoms with van der Waals surface area (Å²) >= 11 is 0. The second kappa shape index (κ2) is 2.44. The third-order valence-electron chi connectivity index (χ3n) is 3.02. The molecule has 0 spiro atoms. The van der Waals surface area contributed by atoms with Crippen LogP contribution in [0, 0.1) is 11.8 Å². The molecular formula is C8H14O3. The zero-order valence-corrected chi connectivity index (χ0v) is 6.60. The monoisotopic (exact) mass is 158 g/mol. The minimum absolute atomic E-state index is 0.0231. The van der Waals surface area contributed by atoms with Crippen LogP contribution in [0.2, 0.25) is 0 Å². The van der Waals surface area contributed by atoms with Gasteiger partial charge < -0.3 is 14.9 Å². The van der Waals surface area contributed by atoms with Gasteiger partial charge in [0.25, 0.3) is 0 Å². The van der Waals surface area contributed by atoms with Gasteiger partial charge in [-0.15, -0.1) is 0 Å². The van der Waals surface area contributed by atoms with Crippen molar-refractivity contribution < 1.29 is 14.9 Å². The Morgan fingerprint density at radius 3 is 2.64 bits per heavy atom. The van der Waals surface area contributed by atoms with Crippen molar-refractivity contribution in [3.8, 4) is 0 Å². The number of hydrogen-bond donors (Lipinski definition) is 2. The van der Waals surface area contributed by atoms with Crippen LogP contribution in [-0.4, -0.2) is 28.7 Å². The van der Waals surface area contributed by atoms with Gasteiger partial charge in [0.15, 0.2) is 6.29 Å². The van der Waals surface area contributed by atoms with Crippen molar-refractivity contribution in [2.45, 2.75) is 38.3 Å². The largest absolute Gasteiger partial charge is 0.393 e. The predicted molar refractivity (Wildman–Crippen MR) is 38.8 cm³/mol. The van der Waals surface area contributed by atoms with Crippen molar-refractivity contribution in [3.63, 3.8) is 0 Å². The predicted octanol–water partition coefficient (Wildman–Crippen LogP) is 0.111. The Kier molecular flexibility index (Phi) is 1.67. The maximum Gasteiger partial charge on any atom is 0.160 e. The first-order valence-corrected chi connectivity index (χ1v) is 4.21. The molecule has 1 aliphatic carbocycles. The average molecular weight is 158 g/mol. The maximum absolute atomic E-state index is 9.45. The van der Waals surface area contributed by atoms with Gasteiger partial charge in [0.1, 0.15) is 0 Å². The molecule has 1 saturated carbocycles. The zero-order valence-electron chi connectivity index (χ0n) is 6.60. The van der Waals surface area contributed by atoms with Gasteiger partial charge in [-0.25, -0.2) is 0 Å². The fourth-order valence-corrected chi connectivity index (χ4v) is 2.39. The third kappa shape index (κ3) is 0.991. The molecule has 2 rings (SSSR count). The summed E-state index contributed by atoms with van der Waals surface area (Å²) in [6.07, 6.45) is 0.851. The lowest BCUT2D eigenvalue weighted by Gasteiger charge is -2.14. The van der Waals surface area contributed by atoms with Crippen LogP contribution in [0.4, 0.5) is 0 Å². The van der Waals surface area contributed by atoms with Gasteiger partial charge in [-0.05, 0) is 25.7 Å². The average Bonchev–Trinajstić information content (AvgIpc) is 2.41. The summed E-state index contributed by atoms with van der Waals surface area (Å²) in [7, 11) is 0. The number of hydrogen-bond acceptors (Lipinski definition) is 3. The van der Waals surface area contributed by atoms with E-state index in [0.29, 0.717) is 5.92 Å². The molecule has 0 aromatic heterocycles. The fraction of sp³-hybridized carbons (Fsp3) is 1.00. The Morgan fingerprint density at radius 2 is 2.00 bits per heavy atom. The zero-order chi connectivity index (χ0) is 8.01. The standard InChI is InChI=1S/C8H14O3/c1-4-5-2-3-6(9)7(5)8(10)11-4/h4-10H,2-3H2,1H3/t4-,5+,6?,7-,8+/m1/s1. The molecule has 1 saturated heterocycles. The molecule has 1 aliphatic heterocycles. The first-order valence-electron chi connectivity index (χ1n) is 4.21. The molecule has 3 heteroatoms. The van der Waals surface area contributed by atoms with Gasteiger partial charge in [-0.1, -0.05) is 0 Å². The smallest absolute Gasteiger partial charge is 0.160 e. The molecule has 0 bridgehead atoms. The lowest BCUT2D eigenvalue weighted by Crippen LogP contribution is -2.26. The molecule has 11 heavy (non-hydrogen) atoms. The summed E-state index contributed by atoms with van der Waals surface area (Å²) in [5.41, 5.74) is 0. The van der Waals surface area contributed by atoms with Crippen LogP contribution in [0.25, 0.3) is 0 Å². The van der Waals surface area contributed by atoms with Crippen LogP contribution in [-0.2, 0) is 4.74 Å². The molecule has 2 N–H and O–H groups in total. The summed E-state index contributed by atoms with van der Waals surface area (Å²) in [6.45, 7) is 1.96. The van der Waals surface area contributed by atoms with E-state index in [9.17, 15) is 10.2 Å². The second-order valence-electron chi connectivity index (χ2n) is 3.62. The molecule has 2 aliphatic rings. The van der Waals surface area contributed by atoms with Crippen molar-refractivity contribution in [2.75, 3.05) is 0 Å². The van der Waals surface area contributed by atoms with Crippen molar-refractivity contribution in [3.05, 3.63) is 0 Å². The number of ether oxygens (including phenoxy) is 1. The van der Waals surface area contributed by atoms with Gasteiger partial charge in [0.05, 0.1) is 12.2 Å². The summed E-state index contributed by atoms with van der Waals surface area (Å²) in [6, 6.07) is 0. The normalized spacial score (nSPS) is 56.5. The molecule has 3 nitrogen and oxygen atoms in total. The molecule has 1 heterocycles. The Labute approximate surface area is 66.0 Å². The summed E-state index contributed by atoms with van der Waals surface area (Å²) in [4.78, 5) is 0. The highest BCUT2D eigenvalue weighted by Gasteiger charge is 2.48. The number of rotatable bonds is 0. The van der Waals surface area contributed by atoms with E-state index in [-0.39, 0.29) is 18.1 Å². The van der Waals surface area contributed by atoms with Crippen molar-refractivity contribution in [1.82, 2.24) is 0 Å². The van der Waals surface area contributed by atoms with Crippen LogP contribution in [0.3, 0.4) is 0 Å². The molecule has 64 valence electrons. The van der Waals surface area contributed by atoms with Gasteiger partial charge in [0, 0.05) is 5.92 Å². The van der Waals surface area contributed by atoms with Gasteiger partial charge >= 0.3 is 0 Å². The lowest BCUT2D eigenvalue weighted by molar-refractivity contribution is -0.121. The highest BCUT2D eigenvalue weighted by Crippen LogP contribution is 2.43. The quantitative estimate of drug-likeness (QED) is 0.526. The van der Waals surface area contributed by atoms with Crippen LogP contribution in [0.5, 0.6) is 0 Å². The molecular weight excluding hydrogens is 144 g/mol. The Hall–Kier alpha value is -0.120. The van der Waals surface area contributed by atoms with Crippen LogP contribution in [0.1, 0.15) is 19.8 Å². The summed E-state index contributed by atoms with van der Waals surface area (Å²) < 4.78 is 5.19. The van der Waals surface area contributed by atoms with Crippen molar-refractivity contribution in [2.24, 2.45) is 11.8 Å². The minimum atomic E-state index is -0.729. The van der Waals surface area contributed by atoms with E-state index in [2.05, 4.69) is 0 Å². The molecule has 0 amide bonds. The maximum atomic E-state index is 9.45. The minimum Gasteiger partial charge on any atom is -0.393 e. The van der Waals surface area contributed by atoms with Crippen molar-refractivity contribution in [1.29, 1.82) is 0 Å². The summed E-state index contributed by atoms with van der Waals surface area (Å²) in [5, 5.41) is 18.8. The van der Waals surface area contributed by atoms with E-state index in [4.69, 9.17) is 4.74 Å². The van der Waals surface area contributed by atoms with Gasteiger partial charge in [-0.3, -0.25) is 0 Å². The molecule has 0 aromatic carbocycles. The fourth-order valence-electron chi connectivity index (χ4n) is 2.39. The Bertz CT molecular complexity index is 159. The van der Waals surface area contributed by atoms with E-state index in [1.54, 1.807) is 0 Å². The van der Waals surface area contributed by atoms with Crippen LogP contribution >= 0.6 is 0 Å². The lowest BCUT2D eigenvalue weighted by atomic mass is 9.93. The second-order valence-corrected chi connectivity index (χ2v) is 3.62. The molecule has 0 aromatic rings. The number of fused-ring (bicyclic) bond motifs is 1. The number of aliphatic hydroxyl groups excluding tert-OH is 2. The van der Waals surface area contributed by atoms with Gasteiger partial charge in [0.2, 0.25) is 0 Å². The first kappa shape index (κ1) is 7.53. The van der Waals surface area contributed by atoms with E-state index in [1.807, 2.05) is 6.92 Å². The third-order valence-corrected chi connectivity index (χ3v) is 3.02. The SMILES string of the molecule is C[C@H]1O[C@H](O)[C@H]2C(O)CC[C@H]21. The molecule has 5 atom stereocenters. The van der Waals surface area contributed by atoms with Gasteiger partial charge in [-0.2, -0.15) is 0 Å². The first-order chi connectivity index (χ1) is 5.20. The van der Waals surface area contributed by atoms with E-state index in [1.165, 1.54) is 0 Å².